The first kappa shape index (κ1) is 16.6. The highest BCUT2D eigenvalue weighted by molar-refractivity contribution is 5.77. The molecule has 0 radical (unpaired) electrons. The van der Waals surface area contributed by atoms with E-state index in [1.54, 1.807) is 13.8 Å². The maximum Gasteiger partial charge on any atom is 0.233 e. The van der Waals surface area contributed by atoms with Crippen LogP contribution in [0.25, 0.3) is 0 Å². The second-order valence-corrected chi connectivity index (χ2v) is 5.68. The second kappa shape index (κ2) is 8.00. The SMILES string of the molecule is Cc1cc(CNCC(=O)NCCC(C)C)cc(C)c1F. The van der Waals surface area contributed by atoms with Gasteiger partial charge < -0.3 is 10.6 Å². The van der Waals surface area contributed by atoms with Gasteiger partial charge in [-0.05, 0) is 42.9 Å². The number of aryl methyl sites for hydroxylation is 2. The number of hydrogen-bond acceptors (Lipinski definition) is 2. The van der Waals surface area contributed by atoms with E-state index in [4.69, 9.17) is 0 Å². The monoisotopic (exact) mass is 280 g/mol. The molecule has 4 heteroatoms. The Morgan fingerprint density at radius 2 is 1.85 bits per heavy atom. The lowest BCUT2D eigenvalue weighted by Gasteiger charge is -2.10. The van der Waals surface area contributed by atoms with Crippen LogP contribution in [0.4, 0.5) is 4.39 Å². The first-order chi connectivity index (χ1) is 9.40. The van der Waals surface area contributed by atoms with E-state index in [1.807, 2.05) is 12.1 Å². The lowest BCUT2D eigenvalue weighted by atomic mass is 10.1. The summed E-state index contributed by atoms with van der Waals surface area (Å²) in [6.07, 6.45) is 0.988. The molecule has 0 atom stereocenters. The van der Waals surface area contributed by atoms with Crippen molar-refractivity contribution in [3.63, 3.8) is 0 Å². The summed E-state index contributed by atoms with van der Waals surface area (Å²) >= 11 is 0. The highest BCUT2D eigenvalue weighted by Gasteiger charge is 2.05. The maximum absolute atomic E-state index is 13.5. The van der Waals surface area contributed by atoms with E-state index in [2.05, 4.69) is 24.5 Å². The van der Waals surface area contributed by atoms with Crippen LogP contribution in [-0.2, 0) is 11.3 Å². The Labute approximate surface area is 121 Å². The van der Waals surface area contributed by atoms with Gasteiger partial charge in [-0.2, -0.15) is 0 Å². The van der Waals surface area contributed by atoms with E-state index in [9.17, 15) is 9.18 Å². The van der Waals surface area contributed by atoms with Crippen molar-refractivity contribution in [1.82, 2.24) is 10.6 Å². The van der Waals surface area contributed by atoms with Gasteiger partial charge in [-0.3, -0.25) is 4.79 Å². The number of rotatable bonds is 7. The number of amides is 1. The Balaban J connectivity index is 2.32. The van der Waals surface area contributed by atoms with Gasteiger partial charge >= 0.3 is 0 Å². The molecule has 0 bridgehead atoms. The van der Waals surface area contributed by atoms with Gasteiger partial charge in [0, 0.05) is 13.1 Å². The first-order valence-electron chi connectivity index (χ1n) is 7.13. The number of hydrogen-bond donors (Lipinski definition) is 2. The van der Waals surface area contributed by atoms with Gasteiger partial charge in [0.05, 0.1) is 6.54 Å². The van der Waals surface area contributed by atoms with E-state index in [0.717, 1.165) is 12.0 Å². The molecule has 0 aliphatic carbocycles. The molecule has 3 nitrogen and oxygen atoms in total. The predicted octanol–water partition coefficient (Wildman–Crippen LogP) is 2.69. The van der Waals surface area contributed by atoms with E-state index < -0.39 is 0 Å². The van der Waals surface area contributed by atoms with Crippen molar-refractivity contribution in [2.24, 2.45) is 5.92 Å². The normalized spacial score (nSPS) is 10.9. The molecule has 0 aliphatic rings. The van der Waals surface area contributed by atoms with Crippen molar-refractivity contribution in [1.29, 1.82) is 0 Å². The molecular formula is C16H25FN2O. The Bertz CT molecular complexity index is 435. The van der Waals surface area contributed by atoms with Crippen molar-refractivity contribution in [2.75, 3.05) is 13.1 Å². The minimum Gasteiger partial charge on any atom is -0.355 e. The lowest BCUT2D eigenvalue weighted by Crippen LogP contribution is -2.34. The minimum absolute atomic E-state index is 0.00112. The average Bonchev–Trinajstić information content (AvgIpc) is 2.35. The van der Waals surface area contributed by atoms with Crippen LogP contribution < -0.4 is 10.6 Å². The van der Waals surface area contributed by atoms with Crippen LogP contribution in [0, 0.1) is 25.6 Å². The van der Waals surface area contributed by atoms with Crippen LogP contribution >= 0.6 is 0 Å². The highest BCUT2D eigenvalue weighted by Crippen LogP contribution is 2.14. The van der Waals surface area contributed by atoms with Gasteiger partial charge in [-0.1, -0.05) is 26.0 Å². The van der Waals surface area contributed by atoms with Gasteiger partial charge in [0.2, 0.25) is 5.91 Å². The summed E-state index contributed by atoms with van der Waals surface area (Å²) in [5.41, 5.74) is 2.28. The Morgan fingerprint density at radius 1 is 1.25 bits per heavy atom. The molecule has 2 N–H and O–H groups in total. The average molecular weight is 280 g/mol. The number of halogens is 1. The van der Waals surface area contributed by atoms with Gasteiger partial charge in [0.25, 0.3) is 0 Å². The highest BCUT2D eigenvalue weighted by atomic mass is 19.1. The van der Waals surface area contributed by atoms with E-state index in [0.29, 0.717) is 30.1 Å². The molecule has 0 fully saturated rings. The zero-order chi connectivity index (χ0) is 15.1. The number of carbonyl (C=O) groups excluding carboxylic acids is 1. The molecule has 0 heterocycles. The molecule has 0 aliphatic heterocycles. The standard InChI is InChI=1S/C16H25FN2O/c1-11(2)5-6-19-15(20)10-18-9-14-7-12(3)16(17)13(4)8-14/h7-8,11,18H,5-6,9-10H2,1-4H3,(H,19,20). The number of carbonyl (C=O) groups is 1. The van der Waals surface area contributed by atoms with Crippen molar-refractivity contribution in [2.45, 2.75) is 40.7 Å². The van der Waals surface area contributed by atoms with Crippen LogP contribution in [0.3, 0.4) is 0 Å². The molecule has 0 unspecified atom stereocenters. The van der Waals surface area contributed by atoms with Gasteiger partial charge in [-0.25, -0.2) is 4.39 Å². The van der Waals surface area contributed by atoms with E-state index in [1.165, 1.54) is 0 Å². The third kappa shape index (κ3) is 5.70. The summed E-state index contributed by atoms with van der Waals surface area (Å²) < 4.78 is 13.5. The fraction of sp³-hybridized carbons (Fsp3) is 0.562. The molecule has 1 aromatic rings. The molecule has 20 heavy (non-hydrogen) atoms. The molecule has 0 saturated heterocycles. The van der Waals surface area contributed by atoms with Crippen molar-refractivity contribution in [3.8, 4) is 0 Å². The summed E-state index contributed by atoms with van der Waals surface area (Å²) in [5.74, 6) is 0.440. The predicted molar refractivity (Wildman–Crippen MR) is 80.0 cm³/mol. The van der Waals surface area contributed by atoms with Gasteiger partial charge in [0.15, 0.2) is 0 Å². The number of nitrogens with one attached hydrogen (secondary N) is 2. The summed E-state index contributed by atoms with van der Waals surface area (Å²) in [6, 6.07) is 3.62. The number of benzene rings is 1. The molecule has 0 saturated carbocycles. The lowest BCUT2D eigenvalue weighted by molar-refractivity contribution is -0.120. The maximum atomic E-state index is 13.5. The molecule has 1 aromatic carbocycles. The zero-order valence-corrected chi connectivity index (χ0v) is 12.8. The quantitative estimate of drug-likeness (QED) is 0.806. The van der Waals surface area contributed by atoms with E-state index >= 15 is 0 Å². The Hall–Kier alpha value is -1.42. The summed E-state index contributed by atoms with van der Waals surface area (Å²) in [7, 11) is 0. The Kier molecular flexibility index (Phi) is 6.65. The molecule has 112 valence electrons. The molecule has 1 rings (SSSR count). The third-order valence-electron chi connectivity index (χ3n) is 3.15. The van der Waals surface area contributed by atoms with Crippen LogP contribution in [0.2, 0.25) is 0 Å². The smallest absolute Gasteiger partial charge is 0.233 e. The molecule has 0 aromatic heterocycles. The van der Waals surface area contributed by atoms with Crippen LogP contribution in [0.1, 0.15) is 37.0 Å². The van der Waals surface area contributed by atoms with Crippen LogP contribution in [0.5, 0.6) is 0 Å². The topological polar surface area (TPSA) is 41.1 Å². The fourth-order valence-corrected chi connectivity index (χ4v) is 2.02. The van der Waals surface area contributed by atoms with Crippen molar-refractivity contribution < 1.29 is 9.18 Å². The minimum atomic E-state index is -0.153. The van der Waals surface area contributed by atoms with Crippen molar-refractivity contribution >= 4 is 5.91 Å². The van der Waals surface area contributed by atoms with E-state index in [-0.39, 0.29) is 18.3 Å². The van der Waals surface area contributed by atoms with Crippen molar-refractivity contribution in [3.05, 3.63) is 34.6 Å². The third-order valence-corrected chi connectivity index (χ3v) is 3.15. The Morgan fingerprint density at radius 3 is 2.40 bits per heavy atom. The zero-order valence-electron chi connectivity index (χ0n) is 12.8. The fourth-order valence-electron chi connectivity index (χ4n) is 2.02. The largest absolute Gasteiger partial charge is 0.355 e. The summed E-state index contributed by atoms with van der Waals surface area (Å²) in [4.78, 5) is 11.6. The second-order valence-electron chi connectivity index (χ2n) is 5.68. The van der Waals surface area contributed by atoms with Gasteiger partial charge in [-0.15, -0.1) is 0 Å². The molecular weight excluding hydrogens is 255 g/mol. The van der Waals surface area contributed by atoms with Crippen LogP contribution in [-0.4, -0.2) is 19.0 Å². The van der Waals surface area contributed by atoms with Crippen LogP contribution in [0.15, 0.2) is 12.1 Å². The summed E-state index contributed by atoms with van der Waals surface area (Å²) in [5, 5.41) is 5.95. The molecule has 1 amide bonds. The molecule has 0 spiro atoms. The first-order valence-corrected chi connectivity index (χ1v) is 7.13. The van der Waals surface area contributed by atoms with Gasteiger partial charge in [0.1, 0.15) is 5.82 Å². The summed E-state index contributed by atoms with van der Waals surface area (Å²) in [6.45, 7) is 9.34.